The van der Waals surface area contributed by atoms with E-state index in [4.69, 9.17) is 0 Å². The van der Waals surface area contributed by atoms with Gasteiger partial charge in [-0.2, -0.15) is 5.26 Å². The summed E-state index contributed by atoms with van der Waals surface area (Å²) in [5, 5.41) is 9.97. The molecule has 120 valence electrons. The fourth-order valence-electron chi connectivity index (χ4n) is 2.74. The van der Waals surface area contributed by atoms with Crippen molar-refractivity contribution in [1.82, 2.24) is 9.97 Å². The van der Waals surface area contributed by atoms with Crippen LogP contribution in [0.2, 0.25) is 0 Å². The van der Waals surface area contributed by atoms with E-state index in [-0.39, 0.29) is 11.1 Å². The van der Waals surface area contributed by atoms with Crippen molar-refractivity contribution in [1.29, 1.82) is 5.26 Å². The molecule has 0 saturated carbocycles. The average Bonchev–Trinajstić information content (AvgIpc) is 2.59. The third kappa shape index (κ3) is 3.32. The number of nitrogens with one attached hydrogen (secondary N) is 1. The molecule has 0 atom stereocenters. The maximum Gasteiger partial charge on any atom is 0.270 e. The molecule has 1 aromatic carbocycles. The highest BCUT2D eigenvalue weighted by atomic mass is 32.2. The van der Waals surface area contributed by atoms with Crippen molar-refractivity contribution in [3.8, 4) is 17.3 Å². The van der Waals surface area contributed by atoms with E-state index < -0.39 is 0 Å². The van der Waals surface area contributed by atoms with Crippen molar-refractivity contribution in [3.63, 3.8) is 0 Å². The second kappa shape index (κ2) is 7.47. The third-order valence-electron chi connectivity index (χ3n) is 3.97. The highest BCUT2D eigenvalue weighted by molar-refractivity contribution is 7.98. The van der Waals surface area contributed by atoms with Gasteiger partial charge in [0.15, 0.2) is 5.16 Å². The van der Waals surface area contributed by atoms with Crippen molar-refractivity contribution in [3.05, 3.63) is 44.7 Å². The lowest BCUT2D eigenvalue weighted by molar-refractivity contribution is 0.930. The number of hydrogen-bond acceptors (Lipinski definition) is 4. The second-order valence-corrected chi connectivity index (χ2v) is 6.06. The Balaban J connectivity index is 2.88. The van der Waals surface area contributed by atoms with Crippen LogP contribution < -0.4 is 5.56 Å². The Bertz CT molecular complexity index is 793. The van der Waals surface area contributed by atoms with E-state index in [1.54, 1.807) is 0 Å². The van der Waals surface area contributed by atoms with Crippen LogP contribution >= 0.6 is 11.8 Å². The first-order chi connectivity index (χ1) is 11.1. The summed E-state index contributed by atoms with van der Waals surface area (Å²) in [5.74, 6) is 0. The fourth-order valence-corrected chi connectivity index (χ4v) is 3.12. The van der Waals surface area contributed by atoms with Gasteiger partial charge in [0.25, 0.3) is 5.56 Å². The maximum absolute atomic E-state index is 12.2. The van der Waals surface area contributed by atoms with Crippen molar-refractivity contribution in [2.45, 2.75) is 45.2 Å². The SMILES string of the molecule is CCc1cc(CC)c(-c2nc(SC)[nH]c(=O)c2C#N)c(CC)c1. The largest absolute Gasteiger partial charge is 0.300 e. The van der Waals surface area contributed by atoms with Gasteiger partial charge in [0.05, 0.1) is 5.69 Å². The molecular formula is C18H21N3OS. The topological polar surface area (TPSA) is 69.5 Å². The molecule has 0 radical (unpaired) electrons. The molecule has 0 aliphatic carbocycles. The van der Waals surface area contributed by atoms with Crippen LogP contribution in [0.25, 0.3) is 11.3 Å². The number of H-pyrrole nitrogens is 1. The van der Waals surface area contributed by atoms with Crippen LogP contribution in [0.5, 0.6) is 0 Å². The molecule has 1 aromatic heterocycles. The number of nitrogens with zero attached hydrogens (tertiary/aromatic N) is 2. The summed E-state index contributed by atoms with van der Waals surface area (Å²) in [5.41, 5.74) is 4.74. The number of nitriles is 1. The molecule has 0 bridgehead atoms. The van der Waals surface area contributed by atoms with Crippen molar-refractivity contribution < 1.29 is 0 Å². The number of hydrogen-bond donors (Lipinski definition) is 1. The molecular weight excluding hydrogens is 306 g/mol. The molecule has 23 heavy (non-hydrogen) atoms. The Morgan fingerprint density at radius 2 is 1.78 bits per heavy atom. The number of aromatic nitrogens is 2. The first kappa shape index (κ1) is 17.3. The number of aromatic amines is 1. The first-order valence-corrected chi connectivity index (χ1v) is 9.05. The van der Waals surface area contributed by atoms with Gasteiger partial charge in [-0.25, -0.2) is 4.98 Å². The van der Waals surface area contributed by atoms with Gasteiger partial charge in [0.2, 0.25) is 0 Å². The van der Waals surface area contributed by atoms with E-state index >= 15 is 0 Å². The molecule has 4 nitrogen and oxygen atoms in total. The molecule has 2 aromatic rings. The Hall–Kier alpha value is -2.06. The highest BCUT2D eigenvalue weighted by Crippen LogP contribution is 2.31. The van der Waals surface area contributed by atoms with E-state index in [0.717, 1.165) is 36.0 Å². The Labute approximate surface area is 141 Å². The molecule has 2 rings (SSSR count). The van der Waals surface area contributed by atoms with Crippen molar-refractivity contribution in [2.75, 3.05) is 6.26 Å². The first-order valence-electron chi connectivity index (χ1n) is 7.82. The number of benzene rings is 1. The smallest absolute Gasteiger partial charge is 0.270 e. The summed E-state index contributed by atoms with van der Waals surface area (Å²) in [6.07, 6.45) is 4.49. The Morgan fingerprint density at radius 3 is 2.22 bits per heavy atom. The van der Waals surface area contributed by atoms with Crippen LogP contribution in [0.3, 0.4) is 0 Å². The summed E-state index contributed by atoms with van der Waals surface area (Å²) >= 11 is 1.37. The zero-order valence-electron chi connectivity index (χ0n) is 14.0. The molecule has 1 heterocycles. The van der Waals surface area contributed by atoms with Crippen LogP contribution in [0.15, 0.2) is 22.1 Å². The van der Waals surface area contributed by atoms with Gasteiger partial charge in [-0.1, -0.05) is 44.7 Å². The predicted octanol–water partition coefficient (Wildman–Crippen LogP) is 3.72. The molecule has 0 unspecified atom stereocenters. The molecule has 0 spiro atoms. The fraction of sp³-hybridized carbons (Fsp3) is 0.389. The van der Waals surface area contributed by atoms with Crippen LogP contribution in [-0.2, 0) is 19.3 Å². The molecule has 0 aliphatic heterocycles. The van der Waals surface area contributed by atoms with Gasteiger partial charge in [-0.05, 0) is 42.2 Å². The molecule has 5 heteroatoms. The van der Waals surface area contributed by atoms with Gasteiger partial charge in [-0.15, -0.1) is 0 Å². The minimum absolute atomic E-state index is 0.0939. The molecule has 0 fully saturated rings. The van der Waals surface area contributed by atoms with Gasteiger partial charge in [0, 0.05) is 5.56 Å². The lowest BCUT2D eigenvalue weighted by Crippen LogP contribution is -2.15. The lowest BCUT2D eigenvalue weighted by Gasteiger charge is -2.16. The summed E-state index contributed by atoms with van der Waals surface area (Å²) in [6, 6.07) is 6.36. The molecule has 0 saturated heterocycles. The Kier molecular flexibility index (Phi) is 5.62. The minimum Gasteiger partial charge on any atom is -0.300 e. The van der Waals surface area contributed by atoms with E-state index in [2.05, 4.69) is 42.9 Å². The number of thioether (sulfide) groups is 1. The summed E-state index contributed by atoms with van der Waals surface area (Å²) in [6.45, 7) is 6.31. The summed E-state index contributed by atoms with van der Waals surface area (Å²) in [4.78, 5) is 19.4. The lowest BCUT2D eigenvalue weighted by atomic mass is 9.90. The van der Waals surface area contributed by atoms with Gasteiger partial charge >= 0.3 is 0 Å². The summed E-state index contributed by atoms with van der Waals surface area (Å²) < 4.78 is 0. The highest BCUT2D eigenvalue weighted by Gasteiger charge is 2.19. The number of rotatable bonds is 5. The third-order valence-corrected chi connectivity index (χ3v) is 4.55. The maximum atomic E-state index is 12.2. The van der Waals surface area contributed by atoms with Gasteiger partial charge in [0.1, 0.15) is 11.6 Å². The van der Waals surface area contributed by atoms with Crippen LogP contribution in [0.1, 0.15) is 43.0 Å². The van der Waals surface area contributed by atoms with E-state index in [1.807, 2.05) is 12.3 Å². The quantitative estimate of drug-likeness (QED) is 0.671. The zero-order valence-corrected chi connectivity index (χ0v) is 14.8. The van der Waals surface area contributed by atoms with E-state index in [0.29, 0.717) is 10.9 Å². The Morgan fingerprint density at radius 1 is 1.17 bits per heavy atom. The van der Waals surface area contributed by atoms with Gasteiger partial charge in [-0.3, -0.25) is 4.79 Å². The monoisotopic (exact) mass is 327 g/mol. The molecule has 0 aliphatic rings. The standard InChI is InChI=1S/C18H21N3OS/c1-5-11-8-12(6-2)15(13(7-3)9-11)16-14(10-19)17(22)21-18(20-16)23-4/h8-9H,5-7H2,1-4H3,(H,20,21,22). The van der Waals surface area contributed by atoms with Crippen molar-refractivity contribution in [2.24, 2.45) is 0 Å². The van der Waals surface area contributed by atoms with Gasteiger partial charge < -0.3 is 4.98 Å². The van der Waals surface area contributed by atoms with E-state index in [9.17, 15) is 10.1 Å². The molecule has 1 N–H and O–H groups in total. The zero-order chi connectivity index (χ0) is 17.0. The van der Waals surface area contributed by atoms with Crippen LogP contribution in [0.4, 0.5) is 0 Å². The number of aryl methyl sites for hydroxylation is 3. The van der Waals surface area contributed by atoms with Crippen molar-refractivity contribution >= 4 is 11.8 Å². The normalized spacial score (nSPS) is 10.6. The van der Waals surface area contributed by atoms with E-state index in [1.165, 1.54) is 17.3 Å². The second-order valence-electron chi connectivity index (χ2n) is 5.26. The predicted molar refractivity (Wildman–Crippen MR) is 94.9 cm³/mol. The van der Waals surface area contributed by atoms with Crippen LogP contribution in [0, 0.1) is 11.3 Å². The average molecular weight is 327 g/mol. The minimum atomic E-state index is -0.370. The van der Waals surface area contributed by atoms with Crippen LogP contribution in [-0.4, -0.2) is 16.2 Å². The summed E-state index contributed by atoms with van der Waals surface area (Å²) in [7, 11) is 0. The molecule has 0 amide bonds.